The summed E-state index contributed by atoms with van der Waals surface area (Å²) in [4.78, 5) is 28.3. The number of carbonyl (C=O) groups is 2. The summed E-state index contributed by atoms with van der Waals surface area (Å²) >= 11 is 18.5. The van der Waals surface area contributed by atoms with Crippen LogP contribution in [0.4, 0.5) is 5.69 Å². The minimum atomic E-state index is -3.85. The van der Waals surface area contributed by atoms with E-state index in [0.717, 1.165) is 10.6 Å². The Hall–Kier alpha value is -2.00. The molecule has 0 heterocycles. The summed E-state index contributed by atoms with van der Waals surface area (Å²) in [5.74, 6) is -0.909. The van der Waals surface area contributed by atoms with E-state index >= 15 is 0 Å². The van der Waals surface area contributed by atoms with E-state index in [2.05, 4.69) is 5.32 Å². The van der Waals surface area contributed by atoms with Crippen LogP contribution in [-0.2, 0) is 26.2 Å². The zero-order valence-electron chi connectivity index (χ0n) is 21.2. The fraction of sp³-hybridized carbons (Fsp3) is 0.440. The van der Waals surface area contributed by atoms with Gasteiger partial charge >= 0.3 is 0 Å². The summed E-state index contributed by atoms with van der Waals surface area (Å²) in [5, 5.41) is 4.12. The van der Waals surface area contributed by atoms with Gasteiger partial charge in [-0.1, -0.05) is 47.8 Å². The van der Waals surface area contributed by atoms with Gasteiger partial charge in [0.2, 0.25) is 21.8 Å². The van der Waals surface area contributed by atoms with Gasteiger partial charge in [-0.25, -0.2) is 8.42 Å². The van der Waals surface area contributed by atoms with Gasteiger partial charge in [-0.2, -0.15) is 0 Å². The molecule has 0 radical (unpaired) electrons. The third-order valence-corrected chi connectivity index (χ3v) is 7.30. The lowest BCUT2D eigenvalue weighted by atomic mass is 10.1. The summed E-state index contributed by atoms with van der Waals surface area (Å²) in [7, 11) is -3.85. The maximum Gasteiger partial charge on any atom is 0.244 e. The predicted octanol–water partition coefficient (Wildman–Crippen LogP) is 5.44. The summed E-state index contributed by atoms with van der Waals surface area (Å²) in [6, 6.07) is 8.74. The van der Waals surface area contributed by atoms with Crippen molar-refractivity contribution in [1.82, 2.24) is 10.2 Å². The first-order valence-corrected chi connectivity index (χ1v) is 14.3. The molecule has 11 heteroatoms. The number of aryl methyl sites for hydroxylation is 1. The molecular weight excluding hydrogens is 545 g/mol. The molecule has 0 aromatic heterocycles. The van der Waals surface area contributed by atoms with Gasteiger partial charge in [0, 0.05) is 27.2 Å². The van der Waals surface area contributed by atoms with Crippen molar-refractivity contribution >= 4 is 62.3 Å². The van der Waals surface area contributed by atoms with Crippen molar-refractivity contribution in [1.29, 1.82) is 0 Å². The lowest BCUT2D eigenvalue weighted by molar-refractivity contribution is -0.141. The van der Waals surface area contributed by atoms with Crippen LogP contribution in [0.25, 0.3) is 0 Å². The normalized spacial score (nSPS) is 12.7. The molecule has 0 saturated carbocycles. The maximum absolute atomic E-state index is 13.7. The molecule has 0 saturated heterocycles. The number of nitrogens with one attached hydrogen (secondary N) is 1. The Morgan fingerprint density at radius 2 is 1.61 bits per heavy atom. The minimum absolute atomic E-state index is 0.0118. The zero-order chi connectivity index (χ0) is 27.4. The number of rotatable bonds is 9. The summed E-state index contributed by atoms with van der Waals surface area (Å²) in [6.45, 7) is 8.50. The molecule has 2 aromatic rings. The highest BCUT2D eigenvalue weighted by atomic mass is 35.5. The average molecular weight is 577 g/mol. The van der Waals surface area contributed by atoms with Crippen LogP contribution in [0.1, 0.15) is 45.2 Å². The molecule has 1 atom stereocenters. The Morgan fingerprint density at radius 1 is 1.03 bits per heavy atom. The highest BCUT2D eigenvalue weighted by Gasteiger charge is 2.33. The van der Waals surface area contributed by atoms with Crippen molar-refractivity contribution in [3.63, 3.8) is 0 Å². The average Bonchev–Trinajstić information content (AvgIpc) is 2.71. The van der Waals surface area contributed by atoms with Crippen molar-refractivity contribution in [3.8, 4) is 0 Å². The molecule has 1 N–H and O–H groups in total. The largest absolute Gasteiger partial charge is 0.350 e. The zero-order valence-corrected chi connectivity index (χ0v) is 24.3. The Balaban J connectivity index is 2.53. The number of sulfonamides is 1. The number of anilines is 1. The third-order valence-electron chi connectivity index (χ3n) is 5.35. The van der Waals surface area contributed by atoms with E-state index < -0.39 is 34.1 Å². The first-order valence-electron chi connectivity index (χ1n) is 11.3. The van der Waals surface area contributed by atoms with Crippen molar-refractivity contribution in [2.75, 3.05) is 17.1 Å². The number of hydrogen-bond donors (Lipinski definition) is 1. The lowest BCUT2D eigenvalue weighted by Gasteiger charge is -2.35. The van der Waals surface area contributed by atoms with Crippen molar-refractivity contribution in [2.24, 2.45) is 0 Å². The van der Waals surface area contributed by atoms with Gasteiger partial charge < -0.3 is 10.2 Å². The summed E-state index contributed by atoms with van der Waals surface area (Å²) in [6.07, 6.45) is 1.33. The van der Waals surface area contributed by atoms with Gasteiger partial charge in [0.05, 0.1) is 11.9 Å². The Bertz CT molecular complexity index is 1230. The predicted molar refractivity (Wildman–Crippen MR) is 147 cm³/mol. The number of hydrogen-bond acceptors (Lipinski definition) is 4. The van der Waals surface area contributed by atoms with Crippen LogP contribution < -0.4 is 9.62 Å². The van der Waals surface area contributed by atoms with Crippen LogP contribution in [0, 0.1) is 6.92 Å². The molecule has 0 fully saturated rings. The highest BCUT2D eigenvalue weighted by molar-refractivity contribution is 7.92. The number of amides is 2. The van der Waals surface area contributed by atoms with Crippen molar-refractivity contribution in [3.05, 3.63) is 62.6 Å². The molecule has 0 aliphatic heterocycles. The van der Waals surface area contributed by atoms with Gasteiger partial charge in [-0.15, -0.1) is 0 Å². The number of nitrogens with zero attached hydrogens (tertiary/aromatic N) is 2. The van der Waals surface area contributed by atoms with Crippen LogP contribution >= 0.6 is 34.8 Å². The fourth-order valence-electron chi connectivity index (χ4n) is 3.70. The second-order valence-electron chi connectivity index (χ2n) is 9.62. The van der Waals surface area contributed by atoms with Gasteiger partial charge in [-0.3, -0.25) is 13.9 Å². The Morgan fingerprint density at radius 3 is 2.11 bits per heavy atom. The number of benzene rings is 2. The molecule has 2 aromatic carbocycles. The molecule has 198 valence electrons. The van der Waals surface area contributed by atoms with Gasteiger partial charge in [0.1, 0.15) is 12.6 Å². The van der Waals surface area contributed by atoms with Crippen LogP contribution in [0.5, 0.6) is 0 Å². The Kier molecular flexibility index (Phi) is 10.1. The maximum atomic E-state index is 13.7. The van der Waals surface area contributed by atoms with E-state index in [0.29, 0.717) is 38.3 Å². The molecular formula is C25H32Cl3N3O4S. The molecule has 0 bridgehead atoms. The summed E-state index contributed by atoms with van der Waals surface area (Å²) in [5.41, 5.74) is 0.957. The standard InChI is InChI=1S/C25H32Cl3N3O4S/c1-7-21(24(33)29-25(3,4)5)30(14-17-8-9-19(27)13-20(17)28)23(32)15-31(36(6,34)35)22-11-10-18(26)12-16(22)2/h8-13,21H,7,14-15H2,1-6H3,(H,29,33)/t21-/m0/s1. The smallest absolute Gasteiger partial charge is 0.244 e. The van der Waals surface area contributed by atoms with Gasteiger partial charge in [0.15, 0.2) is 0 Å². The lowest BCUT2D eigenvalue weighted by Crippen LogP contribution is -2.55. The van der Waals surface area contributed by atoms with Crippen LogP contribution in [0.2, 0.25) is 15.1 Å². The topological polar surface area (TPSA) is 86.8 Å². The van der Waals surface area contributed by atoms with E-state index in [-0.39, 0.29) is 12.5 Å². The third kappa shape index (κ3) is 8.26. The molecule has 0 spiro atoms. The summed E-state index contributed by atoms with van der Waals surface area (Å²) < 4.78 is 26.5. The fourth-order valence-corrected chi connectivity index (χ4v) is 5.30. The molecule has 0 aliphatic rings. The number of halogens is 3. The molecule has 0 aliphatic carbocycles. The molecule has 0 unspecified atom stereocenters. The van der Waals surface area contributed by atoms with Crippen molar-refractivity contribution in [2.45, 2.75) is 59.2 Å². The van der Waals surface area contributed by atoms with Crippen LogP contribution in [0.3, 0.4) is 0 Å². The first-order chi connectivity index (χ1) is 16.5. The second-order valence-corrected chi connectivity index (χ2v) is 12.8. The SMILES string of the molecule is CC[C@@H](C(=O)NC(C)(C)C)N(Cc1ccc(Cl)cc1Cl)C(=O)CN(c1ccc(Cl)cc1C)S(C)(=O)=O. The second kappa shape index (κ2) is 12.0. The van der Waals surface area contributed by atoms with E-state index in [4.69, 9.17) is 34.8 Å². The highest BCUT2D eigenvalue weighted by Crippen LogP contribution is 2.27. The van der Waals surface area contributed by atoms with Crippen LogP contribution in [-0.4, -0.2) is 49.5 Å². The minimum Gasteiger partial charge on any atom is -0.350 e. The quantitative estimate of drug-likeness (QED) is 0.430. The first kappa shape index (κ1) is 30.2. The van der Waals surface area contributed by atoms with E-state index in [1.54, 1.807) is 50.2 Å². The Labute approximate surface area is 228 Å². The monoisotopic (exact) mass is 575 g/mol. The van der Waals surface area contributed by atoms with E-state index in [1.807, 2.05) is 20.8 Å². The number of carbonyl (C=O) groups excluding carboxylic acids is 2. The van der Waals surface area contributed by atoms with Gasteiger partial charge in [0.25, 0.3) is 0 Å². The van der Waals surface area contributed by atoms with Crippen LogP contribution in [0.15, 0.2) is 36.4 Å². The van der Waals surface area contributed by atoms with E-state index in [1.165, 1.54) is 4.90 Å². The molecule has 36 heavy (non-hydrogen) atoms. The molecule has 2 rings (SSSR count). The van der Waals surface area contributed by atoms with Crippen molar-refractivity contribution < 1.29 is 18.0 Å². The molecule has 7 nitrogen and oxygen atoms in total. The van der Waals surface area contributed by atoms with E-state index in [9.17, 15) is 18.0 Å². The van der Waals surface area contributed by atoms with Gasteiger partial charge in [-0.05, 0) is 75.6 Å². The molecule has 2 amide bonds.